The molecule has 1 atom stereocenters. The normalized spacial score (nSPS) is 16.4. The highest BCUT2D eigenvalue weighted by molar-refractivity contribution is 6.39. The predicted molar refractivity (Wildman–Crippen MR) is 192 cm³/mol. The molecule has 4 aromatic rings. The van der Waals surface area contributed by atoms with Gasteiger partial charge >= 0.3 is 0 Å². The molecular formula is C36H39Cl2FN8O3. The Labute approximate surface area is 300 Å². The molecule has 5 heterocycles. The molecule has 0 bridgehead atoms. The molecule has 1 aromatic carbocycles. The second-order valence-electron chi connectivity index (χ2n) is 12.5. The molecule has 50 heavy (non-hydrogen) atoms. The Hall–Kier alpha value is -4.36. The molecule has 3 aromatic heterocycles. The third-order valence-electron chi connectivity index (χ3n) is 9.11. The van der Waals surface area contributed by atoms with Gasteiger partial charge < -0.3 is 30.9 Å². The van der Waals surface area contributed by atoms with Crippen LogP contribution in [0, 0.1) is 11.7 Å². The van der Waals surface area contributed by atoms with E-state index in [1.54, 1.807) is 56.8 Å². The third-order valence-corrected chi connectivity index (χ3v) is 9.90. The molecule has 2 saturated heterocycles. The van der Waals surface area contributed by atoms with Gasteiger partial charge in [0.25, 0.3) is 0 Å². The van der Waals surface area contributed by atoms with Crippen LogP contribution in [0.15, 0.2) is 54.9 Å². The largest absolute Gasteiger partial charge is 0.481 e. The summed E-state index contributed by atoms with van der Waals surface area (Å²) in [6.45, 7) is 5.19. The number of amides is 2. The van der Waals surface area contributed by atoms with Crippen LogP contribution in [-0.2, 0) is 22.7 Å². The van der Waals surface area contributed by atoms with Crippen LogP contribution in [0.2, 0.25) is 10.0 Å². The molecule has 14 heteroatoms. The SMILES string of the molecule is COc1nc(-c2ccnc(-c3cccc(Nc4nccc(CNC5CCN(C(C)=O)CC5)c4F)c3Cl)c2Cl)ccc1CNC[C@H]1CNC(=O)C1. The first-order valence-electron chi connectivity index (χ1n) is 16.6. The van der Waals surface area contributed by atoms with E-state index in [2.05, 4.69) is 31.2 Å². The minimum Gasteiger partial charge on any atom is -0.481 e. The molecule has 0 aliphatic carbocycles. The number of hydrogen-bond donors (Lipinski definition) is 4. The van der Waals surface area contributed by atoms with Crippen molar-refractivity contribution in [2.75, 3.05) is 38.6 Å². The second kappa shape index (κ2) is 16.1. The number of anilines is 2. The molecule has 2 amide bonds. The van der Waals surface area contributed by atoms with Gasteiger partial charge in [-0.1, -0.05) is 41.4 Å². The fourth-order valence-electron chi connectivity index (χ4n) is 6.28. The van der Waals surface area contributed by atoms with Crippen LogP contribution in [0.3, 0.4) is 0 Å². The lowest BCUT2D eigenvalue weighted by Gasteiger charge is -2.31. The number of nitrogens with zero attached hydrogens (tertiary/aromatic N) is 4. The fourth-order valence-corrected chi connectivity index (χ4v) is 6.85. The molecule has 2 aliphatic heterocycles. The zero-order valence-corrected chi connectivity index (χ0v) is 29.4. The summed E-state index contributed by atoms with van der Waals surface area (Å²) >= 11 is 13.9. The lowest BCUT2D eigenvalue weighted by atomic mass is 10.0. The Morgan fingerprint density at radius 3 is 2.56 bits per heavy atom. The highest BCUT2D eigenvalue weighted by Crippen LogP contribution is 2.41. The van der Waals surface area contributed by atoms with Crippen molar-refractivity contribution in [2.24, 2.45) is 5.92 Å². The van der Waals surface area contributed by atoms with Crippen LogP contribution >= 0.6 is 23.2 Å². The van der Waals surface area contributed by atoms with E-state index in [1.165, 1.54) is 0 Å². The predicted octanol–water partition coefficient (Wildman–Crippen LogP) is 5.73. The molecule has 4 N–H and O–H groups in total. The average Bonchev–Trinajstić information content (AvgIpc) is 3.54. The van der Waals surface area contributed by atoms with Gasteiger partial charge in [0.2, 0.25) is 17.7 Å². The maximum Gasteiger partial charge on any atom is 0.220 e. The summed E-state index contributed by atoms with van der Waals surface area (Å²) in [7, 11) is 1.57. The minimum atomic E-state index is -0.481. The minimum absolute atomic E-state index is 0.0434. The third kappa shape index (κ3) is 8.15. The van der Waals surface area contributed by atoms with Gasteiger partial charge in [-0.05, 0) is 43.0 Å². The molecule has 2 aliphatic rings. The molecule has 11 nitrogen and oxygen atoms in total. The zero-order chi connectivity index (χ0) is 35.2. The van der Waals surface area contributed by atoms with Crippen molar-refractivity contribution in [1.29, 1.82) is 0 Å². The molecule has 0 saturated carbocycles. The summed E-state index contributed by atoms with van der Waals surface area (Å²) in [5, 5.41) is 13.4. The van der Waals surface area contributed by atoms with Crippen molar-refractivity contribution in [3.05, 3.63) is 81.8 Å². The summed E-state index contributed by atoms with van der Waals surface area (Å²) in [6, 6.07) is 12.7. The lowest BCUT2D eigenvalue weighted by Crippen LogP contribution is -2.44. The Balaban J connectivity index is 1.16. The van der Waals surface area contributed by atoms with Crippen LogP contribution in [0.5, 0.6) is 5.88 Å². The number of pyridine rings is 3. The standard InChI is InChI=1S/C36H39Cl2FN8O3/c1-21(48)47-14-10-25(11-15-47)43-20-23-8-12-42-35(33(23)39)45-29-5-3-4-27(31(29)37)34-32(38)26(9-13-41-34)28-7-6-24(36(46-28)50-2)19-40-17-22-16-30(49)44-18-22/h3-9,12-13,22,25,40,43H,10-11,14-20H2,1-2H3,(H,42,45)(H,44,49)/t22-/m0/s1. The summed E-state index contributed by atoms with van der Waals surface area (Å²) < 4.78 is 21.3. The maximum atomic E-state index is 15.7. The van der Waals surface area contributed by atoms with Crippen molar-refractivity contribution in [1.82, 2.24) is 35.8 Å². The van der Waals surface area contributed by atoms with E-state index in [1.807, 2.05) is 17.0 Å². The molecule has 262 valence electrons. The first-order chi connectivity index (χ1) is 24.2. The molecule has 0 unspecified atom stereocenters. The van der Waals surface area contributed by atoms with E-state index in [4.69, 9.17) is 32.9 Å². The number of methoxy groups -OCH3 is 1. The first-order valence-corrected chi connectivity index (χ1v) is 17.3. The Kier molecular flexibility index (Phi) is 11.4. The van der Waals surface area contributed by atoms with E-state index >= 15 is 4.39 Å². The van der Waals surface area contributed by atoms with Gasteiger partial charge in [-0.2, -0.15) is 0 Å². The summed E-state index contributed by atoms with van der Waals surface area (Å²) in [4.78, 5) is 38.5. The summed E-state index contributed by atoms with van der Waals surface area (Å²) in [5.74, 6) is 0.436. The number of carbonyl (C=O) groups excluding carboxylic acids is 2. The number of rotatable bonds is 12. The number of nitrogens with one attached hydrogen (secondary N) is 4. The first kappa shape index (κ1) is 35.5. The van der Waals surface area contributed by atoms with Crippen molar-refractivity contribution in [3.63, 3.8) is 0 Å². The fraction of sp³-hybridized carbons (Fsp3) is 0.361. The molecule has 0 radical (unpaired) electrons. The number of likely N-dealkylation sites (tertiary alicyclic amines) is 1. The van der Waals surface area contributed by atoms with Crippen LogP contribution in [0.4, 0.5) is 15.9 Å². The summed E-state index contributed by atoms with van der Waals surface area (Å²) in [6.07, 6.45) is 5.34. The highest BCUT2D eigenvalue weighted by Gasteiger charge is 2.23. The van der Waals surface area contributed by atoms with Crippen molar-refractivity contribution in [3.8, 4) is 28.4 Å². The number of benzene rings is 1. The van der Waals surface area contributed by atoms with E-state index < -0.39 is 5.82 Å². The van der Waals surface area contributed by atoms with Gasteiger partial charge in [0, 0.05) is 93.3 Å². The number of hydrogen-bond acceptors (Lipinski definition) is 9. The highest BCUT2D eigenvalue weighted by atomic mass is 35.5. The van der Waals surface area contributed by atoms with E-state index in [9.17, 15) is 9.59 Å². The van der Waals surface area contributed by atoms with Crippen LogP contribution in [0.1, 0.15) is 37.3 Å². The number of aromatic nitrogens is 3. The van der Waals surface area contributed by atoms with Gasteiger partial charge in [-0.25, -0.2) is 14.4 Å². The van der Waals surface area contributed by atoms with Crippen molar-refractivity contribution in [2.45, 2.75) is 45.3 Å². The summed E-state index contributed by atoms with van der Waals surface area (Å²) in [5.41, 5.74) is 3.99. The molecule has 2 fully saturated rings. The average molecular weight is 722 g/mol. The topological polar surface area (TPSA) is 133 Å². The Morgan fingerprint density at radius 2 is 1.82 bits per heavy atom. The number of halogens is 3. The van der Waals surface area contributed by atoms with Gasteiger partial charge in [0.15, 0.2) is 11.6 Å². The van der Waals surface area contributed by atoms with Crippen molar-refractivity contribution < 1.29 is 18.7 Å². The monoisotopic (exact) mass is 720 g/mol. The number of carbonyl (C=O) groups is 2. The Bertz CT molecular complexity index is 1870. The van der Waals surface area contributed by atoms with Crippen molar-refractivity contribution >= 4 is 46.5 Å². The smallest absolute Gasteiger partial charge is 0.220 e. The van der Waals surface area contributed by atoms with Crippen LogP contribution < -0.4 is 26.0 Å². The van der Waals surface area contributed by atoms with Gasteiger partial charge in [0.05, 0.1) is 34.2 Å². The van der Waals surface area contributed by atoms with Crippen LogP contribution in [-0.4, -0.2) is 71.0 Å². The van der Waals surface area contributed by atoms with E-state index in [0.717, 1.165) is 18.4 Å². The molecule has 6 rings (SSSR count). The Morgan fingerprint density at radius 1 is 1.02 bits per heavy atom. The van der Waals surface area contributed by atoms with Gasteiger partial charge in [0.1, 0.15) is 0 Å². The van der Waals surface area contributed by atoms with Crippen LogP contribution in [0.25, 0.3) is 22.5 Å². The number of piperidine rings is 1. The van der Waals surface area contributed by atoms with E-state index in [-0.39, 0.29) is 29.6 Å². The van der Waals surface area contributed by atoms with Gasteiger partial charge in [-0.3, -0.25) is 14.6 Å². The number of ether oxygens (including phenoxy) is 1. The molecule has 0 spiro atoms. The molecular weight excluding hydrogens is 682 g/mol. The zero-order valence-electron chi connectivity index (χ0n) is 27.9. The second-order valence-corrected chi connectivity index (χ2v) is 13.2. The quantitative estimate of drug-likeness (QED) is 0.145. The van der Waals surface area contributed by atoms with Gasteiger partial charge in [-0.15, -0.1) is 0 Å². The van der Waals surface area contributed by atoms with E-state index in [0.29, 0.717) is 95.4 Å². The lowest BCUT2D eigenvalue weighted by molar-refractivity contribution is -0.130. The maximum absolute atomic E-state index is 15.7.